The standard InChI is InChI=1S/C7H13NO6/c1-13-4-2(9)3(10)7(12)14-5(4)6(8)11/h2-5,7,9-10,12H,1H3,(H2,8,11)/t2-,3-,4+,5+,7+/m1/s1. The zero-order chi connectivity index (χ0) is 10.9. The summed E-state index contributed by atoms with van der Waals surface area (Å²) in [5.74, 6) is -0.873. The van der Waals surface area contributed by atoms with Crippen molar-refractivity contribution in [2.75, 3.05) is 7.11 Å². The number of rotatable bonds is 2. The molecule has 1 amide bonds. The predicted octanol–water partition coefficient (Wildman–Crippen LogP) is -3.07. The first-order valence-electron chi connectivity index (χ1n) is 4.00. The highest BCUT2D eigenvalue weighted by molar-refractivity contribution is 5.79. The molecule has 0 saturated carbocycles. The second kappa shape index (κ2) is 4.20. The van der Waals surface area contributed by atoms with Gasteiger partial charge >= 0.3 is 0 Å². The Labute approximate surface area is 80.0 Å². The minimum atomic E-state index is -1.64. The number of amides is 1. The fourth-order valence-electron chi connectivity index (χ4n) is 1.34. The number of methoxy groups -OCH3 is 1. The highest BCUT2D eigenvalue weighted by Gasteiger charge is 2.46. The van der Waals surface area contributed by atoms with E-state index in [2.05, 4.69) is 4.74 Å². The Bertz CT molecular complexity index is 222. The van der Waals surface area contributed by atoms with E-state index in [4.69, 9.17) is 15.6 Å². The van der Waals surface area contributed by atoms with Crippen molar-refractivity contribution in [1.82, 2.24) is 0 Å². The van der Waals surface area contributed by atoms with E-state index in [-0.39, 0.29) is 0 Å². The molecule has 7 heteroatoms. The summed E-state index contributed by atoms with van der Waals surface area (Å²) in [6.07, 6.45) is -6.93. The van der Waals surface area contributed by atoms with Crippen molar-refractivity contribution in [3.05, 3.63) is 0 Å². The van der Waals surface area contributed by atoms with Crippen LogP contribution < -0.4 is 5.73 Å². The molecule has 1 aliphatic heterocycles. The van der Waals surface area contributed by atoms with Gasteiger partial charge in [-0.25, -0.2) is 0 Å². The summed E-state index contributed by atoms with van der Waals surface area (Å²) in [5, 5.41) is 27.7. The number of hydrogen-bond acceptors (Lipinski definition) is 6. The van der Waals surface area contributed by atoms with Crippen molar-refractivity contribution in [3.63, 3.8) is 0 Å². The first kappa shape index (κ1) is 11.3. The first-order valence-corrected chi connectivity index (χ1v) is 4.00. The van der Waals surface area contributed by atoms with E-state index in [1.165, 1.54) is 7.11 Å². The maximum absolute atomic E-state index is 10.8. The minimum Gasteiger partial charge on any atom is -0.387 e. The van der Waals surface area contributed by atoms with Gasteiger partial charge in [0.15, 0.2) is 12.4 Å². The minimum absolute atomic E-state index is 0.873. The summed E-state index contributed by atoms with van der Waals surface area (Å²) in [5.41, 5.74) is 4.96. The molecule has 0 aromatic rings. The van der Waals surface area contributed by atoms with Crippen LogP contribution in [0.4, 0.5) is 0 Å². The lowest BCUT2D eigenvalue weighted by Gasteiger charge is -2.38. The van der Waals surface area contributed by atoms with Gasteiger partial charge < -0.3 is 30.5 Å². The van der Waals surface area contributed by atoms with Gasteiger partial charge in [-0.1, -0.05) is 0 Å². The largest absolute Gasteiger partial charge is 0.387 e. The molecule has 1 rings (SSSR count). The van der Waals surface area contributed by atoms with Crippen LogP contribution in [0.1, 0.15) is 0 Å². The van der Waals surface area contributed by atoms with Crippen molar-refractivity contribution in [1.29, 1.82) is 0 Å². The van der Waals surface area contributed by atoms with Crippen molar-refractivity contribution >= 4 is 5.91 Å². The fourth-order valence-corrected chi connectivity index (χ4v) is 1.34. The van der Waals surface area contributed by atoms with Gasteiger partial charge in [-0.2, -0.15) is 0 Å². The zero-order valence-electron chi connectivity index (χ0n) is 7.53. The predicted molar refractivity (Wildman–Crippen MR) is 42.9 cm³/mol. The maximum Gasteiger partial charge on any atom is 0.249 e. The van der Waals surface area contributed by atoms with Crippen LogP contribution in [0.3, 0.4) is 0 Å². The summed E-state index contributed by atoms with van der Waals surface area (Å²) < 4.78 is 9.43. The Morgan fingerprint density at radius 2 is 1.93 bits per heavy atom. The van der Waals surface area contributed by atoms with E-state index >= 15 is 0 Å². The second-order valence-electron chi connectivity index (χ2n) is 3.03. The smallest absolute Gasteiger partial charge is 0.249 e. The van der Waals surface area contributed by atoms with Crippen molar-refractivity contribution in [2.45, 2.75) is 30.7 Å². The summed E-state index contributed by atoms with van der Waals surface area (Å²) in [6.45, 7) is 0. The van der Waals surface area contributed by atoms with Gasteiger partial charge in [0.2, 0.25) is 5.91 Å². The van der Waals surface area contributed by atoms with Crippen LogP contribution in [0.15, 0.2) is 0 Å². The van der Waals surface area contributed by atoms with E-state index in [1.54, 1.807) is 0 Å². The van der Waals surface area contributed by atoms with Crippen molar-refractivity contribution in [3.8, 4) is 0 Å². The number of hydrogen-bond donors (Lipinski definition) is 4. The zero-order valence-corrected chi connectivity index (χ0v) is 7.53. The third-order valence-corrected chi connectivity index (χ3v) is 2.12. The quantitative estimate of drug-likeness (QED) is 0.381. The Morgan fingerprint density at radius 1 is 1.36 bits per heavy atom. The fraction of sp³-hybridized carbons (Fsp3) is 0.857. The number of nitrogens with two attached hydrogens (primary N) is 1. The third kappa shape index (κ3) is 1.86. The SMILES string of the molecule is CO[C@H]1[C@H](O)[C@@H](O)[C@@H](O)O[C@@H]1C(N)=O. The summed E-state index contributed by atoms with van der Waals surface area (Å²) in [7, 11) is 1.23. The molecule has 1 heterocycles. The van der Waals surface area contributed by atoms with Crippen LogP contribution in [-0.2, 0) is 14.3 Å². The number of ether oxygens (including phenoxy) is 2. The molecule has 0 aromatic heterocycles. The number of carbonyl (C=O) groups is 1. The second-order valence-corrected chi connectivity index (χ2v) is 3.03. The number of aliphatic hydroxyl groups excluding tert-OH is 3. The van der Waals surface area contributed by atoms with E-state index in [9.17, 15) is 15.0 Å². The topological polar surface area (TPSA) is 122 Å². The molecule has 0 aliphatic carbocycles. The van der Waals surface area contributed by atoms with E-state index in [1.807, 2.05) is 0 Å². The molecule has 14 heavy (non-hydrogen) atoms. The Hall–Kier alpha value is -0.730. The lowest BCUT2D eigenvalue weighted by Crippen LogP contribution is -2.61. The first-order chi connectivity index (χ1) is 6.49. The van der Waals surface area contributed by atoms with Gasteiger partial charge in [-0.05, 0) is 0 Å². The third-order valence-electron chi connectivity index (χ3n) is 2.12. The molecule has 1 aliphatic rings. The van der Waals surface area contributed by atoms with Crippen LogP contribution in [0.5, 0.6) is 0 Å². The monoisotopic (exact) mass is 207 g/mol. The van der Waals surface area contributed by atoms with Gasteiger partial charge in [0, 0.05) is 7.11 Å². The molecule has 0 bridgehead atoms. The van der Waals surface area contributed by atoms with Gasteiger partial charge in [0.1, 0.15) is 18.3 Å². The van der Waals surface area contributed by atoms with E-state index in [0.717, 1.165) is 0 Å². The molecule has 0 radical (unpaired) electrons. The molecule has 1 saturated heterocycles. The number of primary amides is 1. The molecule has 5 atom stereocenters. The lowest BCUT2D eigenvalue weighted by atomic mass is 9.98. The van der Waals surface area contributed by atoms with Gasteiger partial charge in [-0.15, -0.1) is 0 Å². The summed E-state index contributed by atoms with van der Waals surface area (Å²) in [4.78, 5) is 10.8. The molecule has 0 aromatic carbocycles. The molecule has 5 N–H and O–H groups in total. The Kier molecular flexibility index (Phi) is 3.40. The lowest BCUT2D eigenvalue weighted by molar-refractivity contribution is -0.279. The molecule has 1 fully saturated rings. The normalized spacial score (nSPS) is 43.6. The Balaban J connectivity index is 2.82. The summed E-state index contributed by atoms with van der Waals surface area (Å²) >= 11 is 0. The Morgan fingerprint density at radius 3 is 2.36 bits per heavy atom. The maximum atomic E-state index is 10.8. The molecule has 0 unspecified atom stereocenters. The summed E-state index contributed by atoms with van der Waals surface area (Å²) in [6, 6.07) is 0. The van der Waals surface area contributed by atoms with Crippen molar-refractivity contribution < 1.29 is 29.6 Å². The van der Waals surface area contributed by atoms with Gasteiger partial charge in [0.05, 0.1) is 0 Å². The molecule has 7 nitrogen and oxygen atoms in total. The van der Waals surface area contributed by atoms with Crippen LogP contribution >= 0.6 is 0 Å². The van der Waals surface area contributed by atoms with Crippen LogP contribution in [0.2, 0.25) is 0 Å². The highest BCUT2D eigenvalue weighted by Crippen LogP contribution is 2.21. The average molecular weight is 207 g/mol. The molecule has 82 valence electrons. The highest BCUT2D eigenvalue weighted by atomic mass is 16.6. The van der Waals surface area contributed by atoms with E-state index < -0.39 is 36.6 Å². The molecule has 0 spiro atoms. The number of aliphatic hydroxyl groups is 3. The molecular formula is C7H13NO6. The van der Waals surface area contributed by atoms with Crippen molar-refractivity contribution in [2.24, 2.45) is 5.73 Å². The average Bonchev–Trinajstić information content (AvgIpc) is 2.13. The van der Waals surface area contributed by atoms with Crippen LogP contribution in [0, 0.1) is 0 Å². The molecular weight excluding hydrogens is 194 g/mol. The van der Waals surface area contributed by atoms with Crippen LogP contribution in [-0.4, -0.2) is 59.0 Å². The van der Waals surface area contributed by atoms with Gasteiger partial charge in [0.25, 0.3) is 0 Å². The van der Waals surface area contributed by atoms with E-state index in [0.29, 0.717) is 0 Å². The van der Waals surface area contributed by atoms with Gasteiger partial charge in [-0.3, -0.25) is 4.79 Å². The van der Waals surface area contributed by atoms with Crippen LogP contribution in [0.25, 0.3) is 0 Å². The number of carbonyl (C=O) groups excluding carboxylic acids is 1.